The van der Waals surface area contributed by atoms with Crippen LogP contribution in [0.5, 0.6) is 0 Å². The van der Waals surface area contributed by atoms with E-state index in [4.69, 9.17) is 5.11 Å². The van der Waals surface area contributed by atoms with Crippen molar-refractivity contribution >= 4 is 0 Å². The van der Waals surface area contributed by atoms with Crippen molar-refractivity contribution in [3.63, 3.8) is 0 Å². The van der Waals surface area contributed by atoms with Gasteiger partial charge in [-0.1, -0.05) is 20.3 Å². The summed E-state index contributed by atoms with van der Waals surface area (Å²) >= 11 is 0. The molecule has 1 saturated carbocycles. The summed E-state index contributed by atoms with van der Waals surface area (Å²) in [5.41, 5.74) is 0. The third-order valence-corrected chi connectivity index (χ3v) is 3.15. The van der Waals surface area contributed by atoms with Gasteiger partial charge in [-0.25, -0.2) is 0 Å². The van der Waals surface area contributed by atoms with Gasteiger partial charge < -0.3 is 10.2 Å². The Labute approximate surface area is 74.6 Å². The van der Waals surface area contributed by atoms with E-state index >= 15 is 0 Å². The monoisotopic (exact) mass is 172 g/mol. The molecule has 4 atom stereocenters. The van der Waals surface area contributed by atoms with Gasteiger partial charge in [-0.15, -0.1) is 0 Å². The first-order valence-corrected chi connectivity index (χ1v) is 4.94. The van der Waals surface area contributed by atoms with Crippen LogP contribution in [0.3, 0.4) is 0 Å². The summed E-state index contributed by atoms with van der Waals surface area (Å²) < 4.78 is 0. The Morgan fingerprint density at radius 3 is 2.58 bits per heavy atom. The van der Waals surface area contributed by atoms with Crippen molar-refractivity contribution in [2.75, 3.05) is 6.61 Å². The van der Waals surface area contributed by atoms with Crippen molar-refractivity contribution in [1.82, 2.24) is 0 Å². The SMILES string of the molecule is C[C@H]1CC[C@H]([C@H](C)CO)[C@@H](O)C1. The Kier molecular flexibility index (Phi) is 3.53. The van der Waals surface area contributed by atoms with Crippen molar-refractivity contribution in [3.05, 3.63) is 0 Å². The summed E-state index contributed by atoms with van der Waals surface area (Å²) in [6.45, 7) is 4.41. The highest BCUT2D eigenvalue weighted by molar-refractivity contribution is 4.80. The molecule has 0 spiro atoms. The molecule has 0 heterocycles. The van der Waals surface area contributed by atoms with Gasteiger partial charge >= 0.3 is 0 Å². The highest BCUT2D eigenvalue weighted by Crippen LogP contribution is 2.33. The number of aliphatic hydroxyl groups excluding tert-OH is 2. The maximum atomic E-state index is 9.73. The Morgan fingerprint density at radius 1 is 1.42 bits per heavy atom. The zero-order chi connectivity index (χ0) is 9.14. The molecular formula is C10H20O2. The molecule has 2 heteroatoms. The Balaban J connectivity index is 2.44. The Morgan fingerprint density at radius 2 is 2.08 bits per heavy atom. The van der Waals surface area contributed by atoms with Gasteiger partial charge in [0.1, 0.15) is 0 Å². The van der Waals surface area contributed by atoms with E-state index in [9.17, 15) is 5.11 Å². The van der Waals surface area contributed by atoms with Gasteiger partial charge in [-0.2, -0.15) is 0 Å². The lowest BCUT2D eigenvalue weighted by molar-refractivity contribution is 0.00804. The molecule has 0 amide bonds. The van der Waals surface area contributed by atoms with Gasteiger partial charge in [-0.05, 0) is 30.6 Å². The lowest BCUT2D eigenvalue weighted by Crippen LogP contribution is -2.34. The molecule has 1 rings (SSSR count). The summed E-state index contributed by atoms with van der Waals surface area (Å²) in [5.74, 6) is 1.24. The molecule has 0 aromatic heterocycles. The third kappa shape index (κ3) is 2.20. The van der Waals surface area contributed by atoms with E-state index in [1.165, 1.54) is 6.42 Å². The quantitative estimate of drug-likeness (QED) is 0.661. The molecule has 2 nitrogen and oxygen atoms in total. The first kappa shape index (κ1) is 10.0. The summed E-state index contributed by atoms with van der Waals surface area (Å²) in [6, 6.07) is 0. The van der Waals surface area contributed by atoms with Gasteiger partial charge in [0.15, 0.2) is 0 Å². The first-order chi connectivity index (χ1) is 5.65. The number of aliphatic hydroxyl groups is 2. The maximum Gasteiger partial charge on any atom is 0.0574 e. The van der Waals surface area contributed by atoms with Gasteiger partial charge in [-0.3, -0.25) is 0 Å². The minimum atomic E-state index is -0.184. The van der Waals surface area contributed by atoms with Gasteiger partial charge in [0.2, 0.25) is 0 Å². The molecule has 72 valence electrons. The average Bonchev–Trinajstić information content (AvgIpc) is 2.03. The standard InChI is InChI=1S/C10H20O2/c1-7-3-4-9(8(2)6-11)10(12)5-7/h7-12H,3-6H2,1-2H3/t7-,8+,9+,10-/m0/s1. The molecule has 0 unspecified atom stereocenters. The van der Waals surface area contributed by atoms with Crippen LogP contribution in [0.15, 0.2) is 0 Å². The fraction of sp³-hybridized carbons (Fsp3) is 1.00. The van der Waals surface area contributed by atoms with E-state index in [1.807, 2.05) is 6.92 Å². The van der Waals surface area contributed by atoms with Crippen molar-refractivity contribution in [3.8, 4) is 0 Å². The summed E-state index contributed by atoms with van der Waals surface area (Å²) in [4.78, 5) is 0. The summed E-state index contributed by atoms with van der Waals surface area (Å²) in [7, 11) is 0. The van der Waals surface area contributed by atoms with Crippen molar-refractivity contribution in [2.45, 2.75) is 39.2 Å². The van der Waals surface area contributed by atoms with Gasteiger partial charge in [0.25, 0.3) is 0 Å². The van der Waals surface area contributed by atoms with Crippen molar-refractivity contribution in [1.29, 1.82) is 0 Å². The average molecular weight is 172 g/mol. The Bertz CT molecular complexity index is 136. The Hall–Kier alpha value is -0.0800. The van der Waals surface area contributed by atoms with E-state index in [-0.39, 0.29) is 18.6 Å². The topological polar surface area (TPSA) is 40.5 Å². The molecule has 1 aliphatic rings. The van der Waals surface area contributed by atoms with E-state index < -0.39 is 0 Å². The van der Waals surface area contributed by atoms with Crippen LogP contribution in [0.4, 0.5) is 0 Å². The van der Waals surface area contributed by atoms with Crippen molar-refractivity contribution < 1.29 is 10.2 Å². The van der Waals surface area contributed by atoms with Crippen LogP contribution in [-0.2, 0) is 0 Å². The molecule has 0 aliphatic heterocycles. The van der Waals surface area contributed by atoms with Crippen LogP contribution in [0.1, 0.15) is 33.1 Å². The van der Waals surface area contributed by atoms with E-state index in [1.54, 1.807) is 0 Å². The van der Waals surface area contributed by atoms with E-state index in [0.29, 0.717) is 11.8 Å². The number of hydrogen-bond donors (Lipinski definition) is 2. The summed E-state index contributed by atoms with van der Waals surface area (Å²) in [5, 5.41) is 18.7. The van der Waals surface area contributed by atoms with Crippen LogP contribution < -0.4 is 0 Å². The molecule has 1 fully saturated rings. The first-order valence-electron chi connectivity index (χ1n) is 4.94. The molecular weight excluding hydrogens is 152 g/mol. The molecule has 0 aromatic rings. The van der Waals surface area contributed by atoms with Gasteiger partial charge in [0, 0.05) is 6.61 Å². The van der Waals surface area contributed by atoms with Crippen LogP contribution >= 0.6 is 0 Å². The van der Waals surface area contributed by atoms with E-state index in [2.05, 4.69) is 6.92 Å². The molecule has 1 aliphatic carbocycles. The number of hydrogen-bond acceptors (Lipinski definition) is 2. The third-order valence-electron chi connectivity index (χ3n) is 3.15. The molecule has 0 aromatic carbocycles. The summed E-state index contributed by atoms with van der Waals surface area (Å²) in [6.07, 6.45) is 3.00. The maximum absolute atomic E-state index is 9.73. The predicted molar refractivity (Wildman–Crippen MR) is 48.8 cm³/mol. The van der Waals surface area contributed by atoms with Crippen LogP contribution in [-0.4, -0.2) is 22.9 Å². The highest BCUT2D eigenvalue weighted by atomic mass is 16.3. The second-order valence-corrected chi connectivity index (χ2v) is 4.31. The van der Waals surface area contributed by atoms with Crippen molar-refractivity contribution in [2.24, 2.45) is 17.8 Å². The number of rotatable bonds is 2. The second kappa shape index (κ2) is 4.24. The predicted octanol–water partition coefficient (Wildman–Crippen LogP) is 1.41. The largest absolute Gasteiger partial charge is 0.396 e. The van der Waals surface area contributed by atoms with Crippen LogP contribution in [0.2, 0.25) is 0 Å². The highest BCUT2D eigenvalue weighted by Gasteiger charge is 2.30. The van der Waals surface area contributed by atoms with E-state index in [0.717, 1.165) is 12.8 Å². The fourth-order valence-electron chi connectivity index (χ4n) is 2.17. The van der Waals surface area contributed by atoms with Crippen LogP contribution in [0, 0.1) is 17.8 Å². The lowest BCUT2D eigenvalue weighted by Gasteiger charge is -2.34. The second-order valence-electron chi connectivity index (χ2n) is 4.31. The normalized spacial score (nSPS) is 39.5. The lowest BCUT2D eigenvalue weighted by atomic mass is 9.75. The molecule has 2 N–H and O–H groups in total. The smallest absolute Gasteiger partial charge is 0.0574 e. The fourth-order valence-corrected chi connectivity index (χ4v) is 2.17. The molecule has 0 saturated heterocycles. The minimum Gasteiger partial charge on any atom is -0.396 e. The zero-order valence-corrected chi connectivity index (χ0v) is 8.03. The van der Waals surface area contributed by atoms with Gasteiger partial charge in [0.05, 0.1) is 6.10 Å². The zero-order valence-electron chi connectivity index (χ0n) is 8.03. The minimum absolute atomic E-state index is 0.184. The molecule has 0 radical (unpaired) electrons. The molecule has 12 heavy (non-hydrogen) atoms. The molecule has 0 bridgehead atoms. The van der Waals surface area contributed by atoms with Crippen LogP contribution in [0.25, 0.3) is 0 Å².